The number of rotatable bonds is 1. The molecular weight excluding hydrogens is 256 g/mol. The van der Waals surface area contributed by atoms with Crippen LogP contribution >= 0.6 is 23.8 Å². The maximum absolute atomic E-state index is 11.8. The van der Waals surface area contributed by atoms with E-state index in [1.165, 1.54) is 10.0 Å². The molecular formula is C11H8N2O2S2. The first-order chi connectivity index (χ1) is 8.18. The van der Waals surface area contributed by atoms with Crippen molar-refractivity contribution in [2.75, 3.05) is 0 Å². The monoisotopic (exact) mass is 264 g/mol. The van der Waals surface area contributed by atoms with E-state index in [0.717, 1.165) is 11.5 Å². The van der Waals surface area contributed by atoms with E-state index >= 15 is 0 Å². The predicted molar refractivity (Wildman–Crippen MR) is 70.5 cm³/mol. The summed E-state index contributed by atoms with van der Waals surface area (Å²) in [4.78, 5) is 23.1. The molecule has 1 heterocycles. The molecule has 0 saturated carbocycles. The largest absolute Gasteiger partial charge is 0.298 e. The second kappa shape index (κ2) is 5.03. The lowest BCUT2D eigenvalue weighted by Crippen LogP contribution is -2.36. The SMILES string of the molecule is O=C(NC(=S)n1sccc1=O)c1ccccc1. The van der Waals surface area contributed by atoms with Crippen molar-refractivity contribution in [2.24, 2.45) is 0 Å². The minimum absolute atomic E-state index is 0.0962. The average molecular weight is 264 g/mol. The number of amides is 1. The highest BCUT2D eigenvalue weighted by Crippen LogP contribution is 1.99. The van der Waals surface area contributed by atoms with Crippen LogP contribution in [0.2, 0.25) is 0 Å². The Morgan fingerprint density at radius 3 is 2.53 bits per heavy atom. The van der Waals surface area contributed by atoms with Gasteiger partial charge < -0.3 is 0 Å². The van der Waals surface area contributed by atoms with Crippen molar-refractivity contribution < 1.29 is 4.79 Å². The van der Waals surface area contributed by atoms with Crippen molar-refractivity contribution in [1.29, 1.82) is 0 Å². The molecule has 4 nitrogen and oxygen atoms in total. The minimum atomic E-state index is -0.323. The molecule has 0 spiro atoms. The van der Waals surface area contributed by atoms with Crippen molar-refractivity contribution in [3.8, 4) is 0 Å². The number of aromatic nitrogens is 1. The molecule has 1 N–H and O–H groups in total. The third kappa shape index (κ3) is 2.66. The summed E-state index contributed by atoms with van der Waals surface area (Å²) in [6, 6.07) is 10.1. The number of carbonyl (C=O) groups is 1. The van der Waals surface area contributed by atoms with Gasteiger partial charge in [0.05, 0.1) is 0 Å². The van der Waals surface area contributed by atoms with Gasteiger partial charge in [-0.25, -0.2) is 3.96 Å². The number of hydrogen-bond acceptors (Lipinski definition) is 4. The molecule has 0 bridgehead atoms. The van der Waals surface area contributed by atoms with E-state index in [2.05, 4.69) is 5.32 Å². The van der Waals surface area contributed by atoms with Crippen LogP contribution in [-0.2, 0) is 0 Å². The zero-order valence-corrected chi connectivity index (χ0v) is 10.3. The van der Waals surface area contributed by atoms with E-state index in [4.69, 9.17) is 12.2 Å². The van der Waals surface area contributed by atoms with Crippen LogP contribution in [0, 0.1) is 0 Å². The number of benzene rings is 1. The van der Waals surface area contributed by atoms with Crippen LogP contribution < -0.4 is 10.9 Å². The first kappa shape index (κ1) is 11.7. The molecule has 1 aromatic carbocycles. The zero-order chi connectivity index (χ0) is 12.3. The smallest absolute Gasteiger partial charge is 0.267 e. The van der Waals surface area contributed by atoms with Gasteiger partial charge >= 0.3 is 0 Å². The van der Waals surface area contributed by atoms with E-state index in [1.807, 2.05) is 6.07 Å². The lowest BCUT2D eigenvalue weighted by Gasteiger charge is -2.05. The van der Waals surface area contributed by atoms with Crippen LogP contribution in [0.25, 0.3) is 0 Å². The standard InChI is InChI=1S/C11H8N2O2S2/c14-9-6-7-17-13(9)11(16)12-10(15)8-4-2-1-3-5-8/h1-7H,(H,12,15,16). The van der Waals surface area contributed by atoms with Crippen LogP contribution in [0.15, 0.2) is 46.6 Å². The van der Waals surface area contributed by atoms with E-state index in [0.29, 0.717) is 5.56 Å². The lowest BCUT2D eigenvalue weighted by atomic mass is 10.2. The molecule has 17 heavy (non-hydrogen) atoms. The Balaban J connectivity index is 2.13. The maximum Gasteiger partial charge on any atom is 0.267 e. The van der Waals surface area contributed by atoms with Crippen LogP contribution in [0.1, 0.15) is 10.4 Å². The molecule has 0 aliphatic carbocycles. The van der Waals surface area contributed by atoms with Crippen molar-refractivity contribution in [1.82, 2.24) is 9.27 Å². The summed E-state index contributed by atoms with van der Waals surface area (Å²) in [6.45, 7) is 0. The van der Waals surface area contributed by atoms with E-state index in [-0.39, 0.29) is 16.6 Å². The predicted octanol–water partition coefficient (Wildman–Crippen LogP) is 1.47. The van der Waals surface area contributed by atoms with Crippen LogP contribution in [-0.4, -0.2) is 15.0 Å². The molecule has 2 rings (SSSR count). The third-order valence-corrected chi connectivity index (χ3v) is 3.25. The number of nitrogens with zero attached hydrogens (tertiary/aromatic N) is 1. The molecule has 0 fully saturated rings. The Kier molecular flexibility index (Phi) is 3.46. The fraction of sp³-hybridized carbons (Fsp3) is 0. The van der Waals surface area contributed by atoms with Crippen molar-refractivity contribution in [3.63, 3.8) is 0 Å². The van der Waals surface area contributed by atoms with E-state index < -0.39 is 0 Å². The van der Waals surface area contributed by atoms with Crippen LogP contribution in [0.5, 0.6) is 0 Å². The molecule has 6 heteroatoms. The van der Waals surface area contributed by atoms with Gasteiger partial charge in [-0.2, -0.15) is 0 Å². The summed E-state index contributed by atoms with van der Waals surface area (Å²) < 4.78 is 1.25. The summed E-state index contributed by atoms with van der Waals surface area (Å²) in [5.41, 5.74) is 0.257. The normalized spacial score (nSPS) is 9.88. The average Bonchev–Trinajstić information content (AvgIpc) is 2.76. The van der Waals surface area contributed by atoms with Gasteiger partial charge in [0.2, 0.25) is 0 Å². The van der Waals surface area contributed by atoms with Crippen molar-refractivity contribution in [2.45, 2.75) is 0 Å². The summed E-state index contributed by atoms with van der Waals surface area (Å²) >= 11 is 6.12. The van der Waals surface area contributed by atoms with E-state index in [1.54, 1.807) is 29.6 Å². The Hall–Kier alpha value is -1.79. The molecule has 1 amide bonds. The van der Waals surface area contributed by atoms with Gasteiger partial charge in [0.15, 0.2) is 5.11 Å². The molecule has 0 saturated heterocycles. The molecule has 1 aromatic heterocycles. The first-order valence-electron chi connectivity index (χ1n) is 4.76. The Morgan fingerprint density at radius 2 is 1.94 bits per heavy atom. The number of nitrogens with one attached hydrogen (secondary N) is 1. The second-order valence-electron chi connectivity index (χ2n) is 3.17. The summed E-state index contributed by atoms with van der Waals surface area (Å²) in [6.07, 6.45) is 0. The fourth-order valence-electron chi connectivity index (χ4n) is 1.23. The molecule has 0 aliphatic heterocycles. The van der Waals surface area contributed by atoms with Crippen molar-refractivity contribution >= 4 is 34.8 Å². The fourth-order valence-corrected chi connectivity index (χ4v) is 2.14. The molecule has 0 atom stereocenters. The topological polar surface area (TPSA) is 51.1 Å². The highest BCUT2D eigenvalue weighted by atomic mass is 32.1. The van der Waals surface area contributed by atoms with Crippen LogP contribution in [0.4, 0.5) is 0 Å². The number of thiocarbonyl (C=S) groups is 1. The van der Waals surface area contributed by atoms with Gasteiger partial charge in [0, 0.05) is 17.0 Å². The molecule has 0 aliphatic rings. The highest BCUT2D eigenvalue weighted by molar-refractivity contribution is 7.80. The third-order valence-electron chi connectivity index (χ3n) is 2.02. The van der Waals surface area contributed by atoms with Crippen molar-refractivity contribution in [3.05, 3.63) is 57.7 Å². The summed E-state index contributed by atoms with van der Waals surface area (Å²) in [7, 11) is 0. The quantitative estimate of drug-likeness (QED) is 0.794. The van der Waals surface area contributed by atoms with Gasteiger partial charge in [-0.1, -0.05) is 29.7 Å². The van der Waals surface area contributed by atoms with Gasteiger partial charge in [0.1, 0.15) is 0 Å². The zero-order valence-electron chi connectivity index (χ0n) is 8.62. The summed E-state index contributed by atoms with van der Waals surface area (Å²) in [5.74, 6) is -0.323. The van der Waals surface area contributed by atoms with Gasteiger partial charge in [-0.3, -0.25) is 14.9 Å². The molecule has 0 unspecified atom stereocenters. The van der Waals surface area contributed by atoms with Crippen LogP contribution in [0.3, 0.4) is 0 Å². The minimum Gasteiger partial charge on any atom is -0.298 e. The Labute approximate surface area is 107 Å². The number of hydrogen-bond donors (Lipinski definition) is 1. The number of carbonyl (C=O) groups excluding carboxylic acids is 1. The molecule has 86 valence electrons. The van der Waals surface area contributed by atoms with Gasteiger partial charge in [-0.15, -0.1) is 0 Å². The first-order valence-corrected chi connectivity index (χ1v) is 6.01. The van der Waals surface area contributed by atoms with Gasteiger partial charge in [-0.05, 0) is 24.4 Å². The molecule has 2 aromatic rings. The summed E-state index contributed by atoms with van der Waals surface area (Å²) in [5, 5.41) is 4.22. The van der Waals surface area contributed by atoms with E-state index in [9.17, 15) is 9.59 Å². The van der Waals surface area contributed by atoms with Gasteiger partial charge in [0.25, 0.3) is 11.5 Å². The maximum atomic E-state index is 11.8. The lowest BCUT2D eigenvalue weighted by molar-refractivity contribution is 0.0977. The highest BCUT2D eigenvalue weighted by Gasteiger charge is 2.09. The Morgan fingerprint density at radius 1 is 1.24 bits per heavy atom. The molecule has 0 radical (unpaired) electrons. The Bertz CT molecular complexity index is 601. The second-order valence-corrected chi connectivity index (χ2v) is 4.40.